The highest BCUT2D eigenvalue weighted by Gasteiger charge is 2.36. The second kappa shape index (κ2) is 9.72. The Balaban J connectivity index is 1.19. The Hall–Kier alpha value is -3.14. The molecular formula is C26H31ClN8O. The van der Waals surface area contributed by atoms with Gasteiger partial charge in [0.25, 0.3) is 0 Å². The van der Waals surface area contributed by atoms with Gasteiger partial charge in [0.15, 0.2) is 5.65 Å². The third kappa shape index (κ3) is 4.42. The van der Waals surface area contributed by atoms with Crippen molar-refractivity contribution in [3.05, 3.63) is 65.6 Å². The standard InChI is InChI=1S/C26H31ClN8O/c27-20-5-3-19(4-6-20)26(18-36)9-14-33(15-10-26)23-2-1-13-34-24(23)31-25(32-34)30-21-16-29-35(17-21)22-7-11-28-12-8-22/h1-6,13,16-17,22,28,36H,7-12,14-15,18H2,(H,30,32). The van der Waals surface area contributed by atoms with Crippen molar-refractivity contribution >= 4 is 34.6 Å². The number of pyridine rings is 1. The van der Waals surface area contributed by atoms with Crippen molar-refractivity contribution in [1.82, 2.24) is 29.7 Å². The molecule has 188 valence electrons. The smallest absolute Gasteiger partial charge is 0.247 e. The average molecular weight is 507 g/mol. The van der Waals surface area contributed by atoms with Crippen LogP contribution in [0.3, 0.4) is 0 Å². The van der Waals surface area contributed by atoms with E-state index in [9.17, 15) is 5.11 Å². The van der Waals surface area contributed by atoms with E-state index in [0.717, 1.165) is 74.4 Å². The minimum absolute atomic E-state index is 0.122. The molecule has 3 aromatic heterocycles. The SMILES string of the molecule is OCC1(c2ccc(Cl)cc2)CCN(c2cccn3nc(Nc4cnn(C5CCNCC5)c4)nc23)CC1. The van der Waals surface area contributed by atoms with E-state index in [0.29, 0.717) is 17.0 Å². The summed E-state index contributed by atoms with van der Waals surface area (Å²) in [5.41, 5.74) is 3.65. The van der Waals surface area contributed by atoms with Gasteiger partial charge in [0.1, 0.15) is 0 Å². The third-order valence-electron chi connectivity index (χ3n) is 7.70. The number of halogens is 1. The van der Waals surface area contributed by atoms with E-state index in [1.165, 1.54) is 0 Å². The van der Waals surface area contributed by atoms with E-state index in [4.69, 9.17) is 16.6 Å². The van der Waals surface area contributed by atoms with Crippen molar-refractivity contribution in [3.8, 4) is 0 Å². The Kier molecular flexibility index (Phi) is 6.29. The molecule has 2 aliphatic rings. The van der Waals surface area contributed by atoms with Crippen LogP contribution in [0.1, 0.15) is 37.3 Å². The molecule has 10 heteroatoms. The summed E-state index contributed by atoms with van der Waals surface area (Å²) >= 11 is 6.09. The normalized spacial score (nSPS) is 18.6. The number of aliphatic hydroxyl groups is 1. The number of rotatable bonds is 6. The number of hydrogen-bond acceptors (Lipinski definition) is 7. The van der Waals surface area contributed by atoms with Gasteiger partial charge in [0, 0.05) is 35.9 Å². The highest BCUT2D eigenvalue weighted by Crippen LogP contribution is 2.38. The second-order valence-corrected chi connectivity index (χ2v) is 10.3. The molecule has 2 saturated heterocycles. The van der Waals surface area contributed by atoms with Gasteiger partial charge in [-0.3, -0.25) is 4.68 Å². The van der Waals surface area contributed by atoms with Gasteiger partial charge >= 0.3 is 0 Å². The van der Waals surface area contributed by atoms with E-state index in [-0.39, 0.29) is 12.0 Å². The lowest BCUT2D eigenvalue weighted by molar-refractivity contribution is 0.165. The molecule has 9 nitrogen and oxygen atoms in total. The van der Waals surface area contributed by atoms with Crippen LogP contribution in [0.25, 0.3) is 5.65 Å². The van der Waals surface area contributed by atoms with Crippen molar-refractivity contribution < 1.29 is 5.11 Å². The van der Waals surface area contributed by atoms with Gasteiger partial charge in [0.05, 0.1) is 30.2 Å². The maximum atomic E-state index is 10.3. The Bertz CT molecular complexity index is 1320. The van der Waals surface area contributed by atoms with Crippen LogP contribution < -0.4 is 15.5 Å². The number of fused-ring (bicyclic) bond motifs is 1. The number of nitrogens with one attached hydrogen (secondary N) is 2. The summed E-state index contributed by atoms with van der Waals surface area (Å²) in [6.07, 6.45) is 9.67. The fourth-order valence-corrected chi connectivity index (χ4v) is 5.64. The molecule has 2 aliphatic heterocycles. The van der Waals surface area contributed by atoms with Crippen molar-refractivity contribution in [2.75, 3.05) is 43.0 Å². The number of hydrogen-bond donors (Lipinski definition) is 3. The molecule has 6 rings (SSSR count). The lowest BCUT2D eigenvalue weighted by atomic mass is 9.73. The van der Waals surface area contributed by atoms with Crippen LogP contribution in [0.5, 0.6) is 0 Å². The molecule has 0 spiro atoms. The van der Waals surface area contributed by atoms with Crippen molar-refractivity contribution in [2.24, 2.45) is 0 Å². The molecule has 0 atom stereocenters. The fourth-order valence-electron chi connectivity index (χ4n) is 5.51. The topological polar surface area (TPSA) is 95.5 Å². The van der Waals surface area contributed by atoms with E-state index in [1.807, 2.05) is 58.1 Å². The van der Waals surface area contributed by atoms with Crippen molar-refractivity contribution in [1.29, 1.82) is 0 Å². The van der Waals surface area contributed by atoms with Gasteiger partial charge in [-0.2, -0.15) is 10.1 Å². The summed E-state index contributed by atoms with van der Waals surface area (Å²) in [6, 6.07) is 12.4. The summed E-state index contributed by atoms with van der Waals surface area (Å²) in [6.45, 7) is 3.82. The van der Waals surface area contributed by atoms with Crippen LogP contribution in [0, 0.1) is 0 Å². The summed E-state index contributed by atoms with van der Waals surface area (Å²) in [4.78, 5) is 7.16. The first-order valence-electron chi connectivity index (χ1n) is 12.6. The first kappa shape index (κ1) is 23.3. The van der Waals surface area contributed by atoms with Crippen LogP contribution in [0.4, 0.5) is 17.3 Å². The van der Waals surface area contributed by atoms with Gasteiger partial charge in [-0.25, -0.2) is 4.52 Å². The molecule has 0 amide bonds. The van der Waals surface area contributed by atoms with Gasteiger partial charge < -0.3 is 20.6 Å². The van der Waals surface area contributed by atoms with Crippen LogP contribution in [0.15, 0.2) is 55.0 Å². The minimum atomic E-state index is -0.249. The second-order valence-electron chi connectivity index (χ2n) is 9.84. The maximum Gasteiger partial charge on any atom is 0.247 e. The number of benzene rings is 1. The largest absolute Gasteiger partial charge is 0.395 e. The average Bonchev–Trinajstić information content (AvgIpc) is 3.56. The van der Waals surface area contributed by atoms with Crippen LogP contribution in [0.2, 0.25) is 5.02 Å². The molecule has 3 N–H and O–H groups in total. The molecule has 0 unspecified atom stereocenters. The first-order chi connectivity index (χ1) is 17.6. The Morgan fingerprint density at radius 1 is 1.11 bits per heavy atom. The van der Waals surface area contributed by atoms with Crippen molar-refractivity contribution in [2.45, 2.75) is 37.1 Å². The monoisotopic (exact) mass is 506 g/mol. The van der Waals surface area contributed by atoms with Gasteiger partial charge in [-0.1, -0.05) is 23.7 Å². The maximum absolute atomic E-state index is 10.3. The lowest BCUT2D eigenvalue weighted by Gasteiger charge is -2.42. The predicted molar refractivity (Wildman–Crippen MR) is 141 cm³/mol. The highest BCUT2D eigenvalue weighted by atomic mass is 35.5. The van der Waals surface area contributed by atoms with E-state index < -0.39 is 0 Å². The Labute approximate surface area is 215 Å². The number of nitrogens with zero attached hydrogens (tertiary/aromatic N) is 6. The predicted octanol–water partition coefficient (Wildman–Crippen LogP) is 3.78. The van der Waals surface area contributed by atoms with Gasteiger partial charge in [-0.05, 0) is 68.6 Å². The summed E-state index contributed by atoms with van der Waals surface area (Å²) < 4.78 is 3.87. The number of anilines is 3. The number of aliphatic hydroxyl groups excluding tert-OH is 1. The summed E-state index contributed by atoms with van der Waals surface area (Å²) in [5, 5.41) is 27.0. The van der Waals surface area contributed by atoms with Crippen LogP contribution >= 0.6 is 11.6 Å². The van der Waals surface area contributed by atoms with Gasteiger partial charge in [-0.15, -0.1) is 5.10 Å². The summed E-state index contributed by atoms with van der Waals surface area (Å²) in [7, 11) is 0. The molecule has 36 heavy (non-hydrogen) atoms. The number of piperidine rings is 2. The van der Waals surface area contributed by atoms with E-state index >= 15 is 0 Å². The highest BCUT2D eigenvalue weighted by molar-refractivity contribution is 6.30. The van der Waals surface area contributed by atoms with E-state index in [1.54, 1.807) is 0 Å². The van der Waals surface area contributed by atoms with Crippen LogP contribution in [-0.2, 0) is 5.41 Å². The molecule has 4 aromatic rings. The van der Waals surface area contributed by atoms with E-state index in [2.05, 4.69) is 31.8 Å². The minimum Gasteiger partial charge on any atom is -0.395 e. The molecular weight excluding hydrogens is 476 g/mol. The molecule has 5 heterocycles. The van der Waals surface area contributed by atoms with Gasteiger partial charge in [0.2, 0.25) is 5.95 Å². The number of aromatic nitrogens is 5. The Morgan fingerprint density at radius 3 is 2.64 bits per heavy atom. The zero-order valence-electron chi connectivity index (χ0n) is 20.1. The lowest BCUT2D eigenvalue weighted by Crippen LogP contribution is -2.45. The van der Waals surface area contributed by atoms with Crippen LogP contribution in [-0.4, -0.2) is 62.3 Å². The molecule has 1 aromatic carbocycles. The first-order valence-corrected chi connectivity index (χ1v) is 13.0. The molecule has 0 bridgehead atoms. The molecule has 0 radical (unpaired) electrons. The molecule has 0 aliphatic carbocycles. The molecule has 0 saturated carbocycles. The third-order valence-corrected chi connectivity index (χ3v) is 7.95. The zero-order chi connectivity index (χ0) is 24.5. The molecule has 2 fully saturated rings. The summed E-state index contributed by atoms with van der Waals surface area (Å²) in [5.74, 6) is 0.551. The fraction of sp³-hybridized carbons (Fsp3) is 0.423. The quantitative estimate of drug-likeness (QED) is 0.366. The zero-order valence-corrected chi connectivity index (χ0v) is 20.9. The Morgan fingerprint density at radius 2 is 1.89 bits per heavy atom. The van der Waals surface area contributed by atoms with Crippen molar-refractivity contribution in [3.63, 3.8) is 0 Å².